The Morgan fingerprint density at radius 2 is 2.00 bits per heavy atom. The first-order valence-corrected chi connectivity index (χ1v) is 7.44. The molecule has 0 spiro atoms. The lowest BCUT2D eigenvalue weighted by Gasteiger charge is -2.06. The first-order chi connectivity index (χ1) is 8.74. The third kappa shape index (κ3) is 2.50. The predicted octanol–water partition coefficient (Wildman–Crippen LogP) is 4.28. The second-order valence-electron chi connectivity index (χ2n) is 5.17. The van der Waals surface area contributed by atoms with E-state index < -0.39 is 0 Å². The third-order valence-electron chi connectivity index (χ3n) is 3.67. The maximum absolute atomic E-state index is 3.57. The summed E-state index contributed by atoms with van der Waals surface area (Å²) < 4.78 is 0. The van der Waals surface area contributed by atoms with Crippen molar-refractivity contribution < 1.29 is 0 Å². The van der Waals surface area contributed by atoms with Crippen LogP contribution >= 0.6 is 11.3 Å². The molecule has 1 saturated carbocycles. The number of aryl methyl sites for hydroxylation is 1. The van der Waals surface area contributed by atoms with Gasteiger partial charge in [-0.2, -0.15) is 0 Å². The smallest absolute Gasteiger partial charge is 0.0348 e. The van der Waals surface area contributed by atoms with E-state index in [1.807, 2.05) is 11.3 Å². The van der Waals surface area contributed by atoms with Crippen molar-refractivity contribution in [1.82, 2.24) is 5.32 Å². The zero-order valence-corrected chi connectivity index (χ0v) is 11.8. The molecule has 18 heavy (non-hydrogen) atoms. The third-order valence-corrected chi connectivity index (χ3v) is 4.79. The summed E-state index contributed by atoms with van der Waals surface area (Å²) in [6.07, 6.45) is 2.71. The summed E-state index contributed by atoms with van der Waals surface area (Å²) in [6.45, 7) is 5.43. The first-order valence-electron chi connectivity index (χ1n) is 6.63. The van der Waals surface area contributed by atoms with Gasteiger partial charge in [0.15, 0.2) is 0 Å². The molecule has 1 aromatic heterocycles. The van der Waals surface area contributed by atoms with Gasteiger partial charge >= 0.3 is 0 Å². The Morgan fingerprint density at radius 1 is 1.17 bits per heavy atom. The first kappa shape index (κ1) is 11.9. The highest BCUT2D eigenvalue weighted by atomic mass is 32.1. The molecule has 0 amide bonds. The monoisotopic (exact) mass is 257 g/mol. The van der Waals surface area contributed by atoms with Crippen LogP contribution in [0, 0.1) is 13.8 Å². The lowest BCUT2D eigenvalue weighted by Crippen LogP contribution is -2.14. The number of rotatable bonds is 4. The summed E-state index contributed by atoms with van der Waals surface area (Å²) >= 11 is 1.92. The van der Waals surface area contributed by atoms with Gasteiger partial charge in [0, 0.05) is 22.3 Å². The van der Waals surface area contributed by atoms with E-state index in [2.05, 4.69) is 49.5 Å². The zero-order valence-electron chi connectivity index (χ0n) is 11.0. The number of nitrogens with one attached hydrogen (secondary N) is 1. The predicted molar refractivity (Wildman–Crippen MR) is 79.1 cm³/mol. The molecule has 2 heteroatoms. The van der Waals surface area contributed by atoms with Gasteiger partial charge in [-0.15, -0.1) is 11.3 Å². The summed E-state index contributed by atoms with van der Waals surface area (Å²) in [5.74, 6) is 0. The quantitative estimate of drug-likeness (QED) is 0.862. The van der Waals surface area contributed by atoms with Crippen molar-refractivity contribution in [2.45, 2.75) is 39.3 Å². The molecule has 0 saturated heterocycles. The second kappa shape index (κ2) is 4.87. The number of hydrogen-bond donors (Lipinski definition) is 1. The van der Waals surface area contributed by atoms with E-state index in [0.717, 1.165) is 12.6 Å². The summed E-state index contributed by atoms with van der Waals surface area (Å²) in [4.78, 5) is 2.83. The minimum atomic E-state index is 0.788. The van der Waals surface area contributed by atoms with Gasteiger partial charge < -0.3 is 5.32 Å². The van der Waals surface area contributed by atoms with Crippen LogP contribution in [0.25, 0.3) is 10.4 Å². The average Bonchev–Trinajstić information content (AvgIpc) is 3.08. The van der Waals surface area contributed by atoms with Crippen LogP contribution in [-0.2, 0) is 6.54 Å². The fourth-order valence-corrected chi connectivity index (χ4v) is 3.21. The van der Waals surface area contributed by atoms with Crippen molar-refractivity contribution in [2.75, 3.05) is 0 Å². The zero-order chi connectivity index (χ0) is 12.5. The van der Waals surface area contributed by atoms with Crippen molar-refractivity contribution in [1.29, 1.82) is 0 Å². The topological polar surface area (TPSA) is 12.0 Å². The Labute approximate surface area is 113 Å². The van der Waals surface area contributed by atoms with Gasteiger partial charge in [0.1, 0.15) is 0 Å². The maximum atomic E-state index is 3.57. The van der Waals surface area contributed by atoms with E-state index in [1.54, 1.807) is 0 Å². The minimum Gasteiger partial charge on any atom is -0.309 e. The van der Waals surface area contributed by atoms with E-state index in [9.17, 15) is 0 Å². The Kier molecular flexibility index (Phi) is 3.23. The standard InChI is InChI=1S/C16H19NS/c1-11-4-3-5-15(12(11)2)16-9-8-14(18-16)10-17-13-6-7-13/h3-5,8-9,13,17H,6-7,10H2,1-2H3. The fraction of sp³-hybridized carbons (Fsp3) is 0.375. The number of benzene rings is 1. The van der Waals surface area contributed by atoms with Crippen molar-refractivity contribution in [3.05, 3.63) is 46.3 Å². The number of hydrogen-bond acceptors (Lipinski definition) is 2. The SMILES string of the molecule is Cc1cccc(-c2ccc(CNC3CC3)s2)c1C. The molecule has 1 N–H and O–H groups in total. The molecule has 1 aliphatic rings. The molecule has 2 aromatic rings. The van der Waals surface area contributed by atoms with Crippen LogP contribution in [0.4, 0.5) is 0 Å². The van der Waals surface area contributed by atoms with E-state index in [0.29, 0.717) is 0 Å². The van der Waals surface area contributed by atoms with Crippen molar-refractivity contribution in [3.8, 4) is 10.4 Å². The Bertz CT molecular complexity index is 552. The molecule has 0 unspecified atom stereocenters. The summed E-state index contributed by atoms with van der Waals surface area (Å²) in [6, 6.07) is 11.9. The lowest BCUT2D eigenvalue weighted by atomic mass is 10.0. The molecule has 3 rings (SSSR count). The van der Waals surface area contributed by atoms with E-state index in [1.165, 1.54) is 39.3 Å². The normalized spacial score (nSPS) is 15.0. The molecule has 1 heterocycles. The van der Waals surface area contributed by atoms with Crippen molar-refractivity contribution in [2.24, 2.45) is 0 Å². The lowest BCUT2D eigenvalue weighted by molar-refractivity contribution is 0.695. The molecule has 0 aliphatic heterocycles. The van der Waals surface area contributed by atoms with Crippen LogP contribution in [0.3, 0.4) is 0 Å². The molecular formula is C16H19NS. The van der Waals surface area contributed by atoms with Crippen LogP contribution in [-0.4, -0.2) is 6.04 Å². The van der Waals surface area contributed by atoms with E-state index in [4.69, 9.17) is 0 Å². The van der Waals surface area contributed by atoms with Crippen LogP contribution in [0.2, 0.25) is 0 Å². The molecule has 1 aliphatic carbocycles. The Hall–Kier alpha value is -1.12. The second-order valence-corrected chi connectivity index (χ2v) is 6.34. The highest BCUT2D eigenvalue weighted by molar-refractivity contribution is 7.15. The molecule has 0 atom stereocenters. The van der Waals surface area contributed by atoms with Crippen molar-refractivity contribution >= 4 is 11.3 Å². The summed E-state index contributed by atoms with van der Waals surface area (Å²) in [5, 5.41) is 3.57. The van der Waals surface area contributed by atoms with Gasteiger partial charge in [0.05, 0.1) is 0 Å². The van der Waals surface area contributed by atoms with Gasteiger partial charge in [-0.25, -0.2) is 0 Å². The highest BCUT2D eigenvalue weighted by Gasteiger charge is 2.20. The summed E-state index contributed by atoms with van der Waals surface area (Å²) in [5.41, 5.74) is 4.16. The van der Waals surface area contributed by atoms with E-state index >= 15 is 0 Å². The van der Waals surface area contributed by atoms with Crippen LogP contribution in [0.1, 0.15) is 28.8 Å². The van der Waals surface area contributed by atoms with Gasteiger partial charge in [-0.3, -0.25) is 0 Å². The highest BCUT2D eigenvalue weighted by Crippen LogP contribution is 2.32. The van der Waals surface area contributed by atoms with Crippen molar-refractivity contribution in [3.63, 3.8) is 0 Å². The molecular weight excluding hydrogens is 238 g/mol. The summed E-state index contributed by atoms with van der Waals surface area (Å²) in [7, 11) is 0. The maximum Gasteiger partial charge on any atom is 0.0348 e. The van der Waals surface area contributed by atoms with Crippen LogP contribution < -0.4 is 5.32 Å². The molecule has 1 fully saturated rings. The molecule has 1 aromatic carbocycles. The molecule has 94 valence electrons. The van der Waals surface area contributed by atoms with Crippen LogP contribution in [0.15, 0.2) is 30.3 Å². The van der Waals surface area contributed by atoms with Gasteiger partial charge in [0.25, 0.3) is 0 Å². The fourth-order valence-electron chi connectivity index (χ4n) is 2.17. The Morgan fingerprint density at radius 3 is 2.78 bits per heavy atom. The minimum absolute atomic E-state index is 0.788. The largest absolute Gasteiger partial charge is 0.309 e. The van der Waals surface area contributed by atoms with Gasteiger partial charge in [-0.05, 0) is 55.5 Å². The number of thiophene rings is 1. The Balaban J connectivity index is 1.80. The van der Waals surface area contributed by atoms with Crippen LogP contribution in [0.5, 0.6) is 0 Å². The molecule has 0 radical (unpaired) electrons. The van der Waals surface area contributed by atoms with E-state index in [-0.39, 0.29) is 0 Å². The molecule has 0 bridgehead atoms. The van der Waals surface area contributed by atoms with Gasteiger partial charge in [-0.1, -0.05) is 18.2 Å². The van der Waals surface area contributed by atoms with Gasteiger partial charge in [0.2, 0.25) is 0 Å². The molecule has 1 nitrogen and oxygen atoms in total. The average molecular weight is 257 g/mol.